The van der Waals surface area contributed by atoms with Crippen LogP contribution in [-0.2, 0) is 15.9 Å². The molecule has 0 atom stereocenters. The van der Waals surface area contributed by atoms with Gasteiger partial charge in [-0.3, -0.25) is 4.31 Å². The van der Waals surface area contributed by atoms with Gasteiger partial charge in [0.25, 0.3) is 10.0 Å². The van der Waals surface area contributed by atoms with Crippen LogP contribution < -0.4 is 4.31 Å². The summed E-state index contributed by atoms with van der Waals surface area (Å²) in [7, 11) is -3.55. The molecule has 0 aliphatic carbocycles. The lowest BCUT2D eigenvalue weighted by atomic mass is 10.2. The van der Waals surface area contributed by atoms with Gasteiger partial charge in [-0.05, 0) is 44.0 Å². The number of halogens is 1. The van der Waals surface area contributed by atoms with Gasteiger partial charge in [0.05, 0.1) is 11.6 Å². The lowest BCUT2D eigenvalue weighted by Gasteiger charge is -2.23. The standard InChI is InChI=1S/C15H18ClNO2S2/c1-4-17(13-8-6-5-7-11(13)2)21(18,19)15-9-12(3)14(10-16)20-15/h5-9H,4,10H2,1-3H3. The number of rotatable bonds is 5. The highest BCUT2D eigenvalue weighted by Gasteiger charge is 2.27. The molecule has 0 unspecified atom stereocenters. The second-order valence-corrected chi connectivity index (χ2v) is 8.25. The highest BCUT2D eigenvalue weighted by atomic mass is 35.5. The zero-order chi connectivity index (χ0) is 15.6. The van der Waals surface area contributed by atoms with Gasteiger partial charge >= 0.3 is 0 Å². The molecule has 0 amide bonds. The van der Waals surface area contributed by atoms with Crippen LogP contribution in [0.2, 0.25) is 0 Å². The summed E-state index contributed by atoms with van der Waals surface area (Å²) in [6.07, 6.45) is 0. The zero-order valence-electron chi connectivity index (χ0n) is 12.3. The van der Waals surface area contributed by atoms with Crippen molar-refractivity contribution in [1.82, 2.24) is 0 Å². The van der Waals surface area contributed by atoms with Crippen molar-refractivity contribution in [2.75, 3.05) is 10.8 Å². The third-order valence-corrected chi connectivity index (χ3v) is 7.34. The predicted molar refractivity (Wildman–Crippen MR) is 90.0 cm³/mol. The second kappa shape index (κ2) is 6.38. The first-order chi connectivity index (χ1) is 9.91. The number of hydrogen-bond donors (Lipinski definition) is 0. The Morgan fingerprint density at radius 1 is 1.19 bits per heavy atom. The van der Waals surface area contributed by atoms with E-state index in [9.17, 15) is 8.42 Å². The van der Waals surface area contributed by atoms with Gasteiger partial charge in [-0.25, -0.2) is 8.42 Å². The first kappa shape index (κ1) is 16.3. The number of hydrogen-bond acceptors (Lipinski definition) is 3. The molecule has 0 fully saturated rings. The average molecular weight is 344 g/mol. The number of benzene rings is 1. The minimum Gasteiger partial charge on any atom is -0.266 e. The Labute approximate surface area is 135 Å². The van der Waals surface area contributed by atoms with E-state index in [4.69, 9.17) is 11.6 Å². The summed E-state index contributed by atoms with van der Waals surface area (Å²) in [5.41, 5.74) is 2.58. The van der Waals surface area contributed by atoms with E-state index in [1.54, 1.807) is 6.07 Å². The van der Waals surface area contributed by atoms with Crippen LogP contribution in [0, 0.1) is 13.8 Å². The minimum absolute atomic E-state index is 0.336. The van der Waals surface area contributed by atoms with Crippen molar-refractivity contribution in [2.24, 2.45) is 0 Å². The molecule has 1 aromatic carbocycles. The molecular weight excluding hydrogens is 326 g/mol. The van der Waals surface area contributed by atoms with Crippen LogP contribution in [0.15, 0.2) is 34.5 Å². The van der Waals surface area contributed by atoms with Gasteiger partial charge in [-0.15, -0.1) is 22.9 Å². The normalized spacial score (nSPS) is 11.6. The molecule has 21 heavy (non-hydrogen) atoms. The Bertz CT molecular complexity index is 738. The van der Waals surface area contributed by atoms with Crippen molar-refractivity contribution in [3.05, 3.63) is 46.3 Å². The maximum Gasteiger partial charge on any atom is 0.273 e. The van der Waals surface area contributed by atoms with Gasteiger partial charge in [0.2, 0.25) is 0 Å². The van der Waals surface area contributed by atoms with Crippen LogP contribution in [0.3, 0.4) is 0 Å². The van der Waals surface area contributed by atoms with Crippen molar-refractivity contribution in [3.63, 3.8) is 0 Å². The van der Waals surface area contributed by atoms with Crippen LogP contribution in [0.1, 0.15) is 22.9 Å². The number of anilines is 1. The van der Waals surface area contributed by atoms with E-state index in [1.807, 2.05) is 45.0 Å². The molecule has 1 heterocycles. The lowest BCUT2D eigenvalue weighted by Crippen LogP contribution is -2.30. The summed E-state index contributed by atoms with van der Waals surface area (Å²) in [5.74, 6) is 0.336. The van der Waals surface area contributed by atoms with Crippen molar-refractivity contribution in [2.45, 2.75) is 30.9 Å². The van der Waals surface area contributed by atoms with E-state index in [0.717, 1.165) is 21.7 Å². The van der Waals surface area contributed by atoms with E-state index in [0.29, 0.717) is 16.6 Å². The summed E-state index contributed by atoms with van der Waals surface area (Å²) in [5, 5.41) is 0. The van der Waals surface area contributed by atoms with E-state index in [2.05, 4.69) is 0 Å². The van der Waals surface area contributed by atoms with E-state index < -0.39 is 10.0 Å². The molecular formula is C15H18ClNO2S2. The van der Waals surface area contributed by atoms with Gasteiger partial charge in [-0.2, -0.15) is 0 Å². The largest absolute Gasteiger partial charge is 0.273 e. The maximum atomic E-state index is 12.9. The summed E-state index contributed by atoms with van der Waals surface area (Å²) in [6.45, 7) is 6.03. The topological polar surface area (TPSA) is 37.4 Å². The smallest absolute Gasteiger partial charge is 0.266 e. The summed E-state index contributed by atoms with van der Waals surface area (Å²) >= 11 is 7.10. The molecule has 114 valence electrons. The van der Waals surface area contributed by atoms with Crippen LogP contribution in [-0.4, -0.2) is 15.0 Å². The molecule has 0 N–H and O–H groups in total. The Morgan fingerprint density at radius 3 is 2.38 bits per heavy atom. The number of para-hydroxylation sites is 1. The van der Waals surface area contributed by atoms with Gasteiger partial charge in [0, 0.05) is 11.4 Å². The molecule has 1 aromatic heterocycles. The maximum absolute atomic E-state index is 12.9. The van der Waals surface area contributed by atoms with Crippen LogP contribution in [0.5, 0.6) is 0 Å². The number of aryl methyl sites for hydroxylation is 2. The third kappa shape index (κ3) is 3.10. The molecule has 0 bridgehead atoms. The van der Waals surface area contributed by atoms with Crippen LogP contribution in [0.25, 0.3) is 0 Å². The average Bonchev–Trinajstić information content (AvgIpc) is 2.83. The summed E-state index contributed by atoms with van der Waals surface area (Å²) in [4.78, 5) is 0.899. The Kier molecular flexibility index (Phi) is 4.96. The van der Waals surface area contributed by atoms with Gasteiger partial charge < -0.3 is 0 Å². The van der Waals surface area contributed by atoms with Crippen molar-refractivity contribution < 1.29 is 8.42 Å². The fourth-order valence-electron chi connectivity index (χ4n) is 2.17. The predicted octanol–water partition coefficient (Wildman–Crippen LogP) is 4.32. The van der Waals surface area contributed by atoms with Crippen LogP contribution in [0.4, 0.5) is 5.69 Å². The minimum atomic E-state index is -3.55. The van der Waals surface area contributed by atoms with Crippen molar-refractivity contribution >= 4 is 38.6 Å². The zero-order valence-corrected chi connectivity index (χ0v) is 14.6. The van der Waals surface area contributed by atoms with Crippen LogP contribution >= 0.6 is 22.9 Å². The van der Waals surface area contributed by atoms with E-state index in [1.165, 1.54) is 15.6 Å². The lowest BCUT2D eigenvalue weighted by molar-refractivity contribution is 0.593. The Morgan fingerprint density at radius 2 is 1.86 bits per heavy atom. The number of thiophene rings is 1. The number of alkyl halides is 1. The van der Waals surface area contributed by atoms with E-state index in [-0.39, 0.29) is 0 Å². The highest BCUT2D eigenvalue weighted by molar-refractivity contribution is 7.94. The Balaban J connectivity index is 2.52. The fraction of sp³-hybridized carbons (Fsp3) is 0.333. The summed E-state index contributed by atoms with van der Waals surface area (Å²) in [6, 6.07) is 9.21. The highest BCUT2D eigenvalue weighted by Crippen LogP contribution is 2.32. The molecule has 2 aromatic rings. The molecule has 6 heteroatoms. The molecule has 0 aliphatic rings. The van der Waals surface area contributed by atoms with E-state index >= 15 is 0 Å². The molecule has 0 saturated heterocycles. The molecule has 0 aliphatic heterocycles. The third-order valence-electron chi connectivity index (χ3n) is 3.34. The molecule has 0 radical (unpaired) electrons. The fourth-order valence-corrected chi connectivity index (χ4v) is 5.64. The second-order valence-electron chi connectivity index (χ2n) is 4.76. The monoisotopic (exact) mass is 343 g/mol. The SMILES string of the molecule is CCN(c1ccccc1C)S(=O)(=O)c1cc(C)c(CCl)s1. The van der Waals surface area contributed by atoms with Crippen molar-refractivity contribution in [3.8, 4) is 0 Å². The Hall–Kier alpha value is -1.04. The van der Waals surface area contributed by atoms with Crippen molar-refractivity contribution in [1.29, 1.82) is 0 Å². The van der Waals surface area contributed by atoms with Gasteiger partial charge in [0.1, 0.15) is 4.21 Å². The molecule has 0 saturated carbocycles. The quantitative estimate of drug-likeness (QED) is 0.758. The molecule has 0 spiro atoms. The van der Waals surface area contributed by atoms with Gasteiger partial charge in [-0.1, -0.05) is 18.2 Å². The summed E-state index contributed by atoms with van der Waals surface area (Å²) < 4.78 is 27.6. The molecule has 3 nitrogen and oxygen atoms in total. The molecule has 2 rings (SSSR count). The first-order valence-electron chi connectivity index (χ1n) is 6.65. The first-order valence-corrected chi connectivity index (χ1v) is 9.44. The van der Waals surface area contributed by atoms with Gasteiger partial charge in [0.15, 0.2) is 0 Å². The number of nitrogens with zero attached hydrogens (tertiary/aromatic N) is 1. The number of sulfonamides is 1.